The largest absolute Gasteiger partial charge is 0.483 e. The van der Waals surface area contributed by atoms with Gasteiger partial charge in [-0.3, -0.25) is 4.79 Å². The van der Waals surface area contributed by atoms with E-state index in [-0.39, 0.29) is 17.9 Å². The van der Waals surface area contributed by atoms with Crippen molar-refractivity contribution in [3.63, 3.8) is 0 Å². The molecule has 0 aromatic carbocycles. The summed E-state index contributed by atoms with van der Waals surface area (Å²) in [5, 5.41) is 44.5. The zero-order valence-electron chi connectivity index (χ0n) is 24.2. The van der Waals surface area contributed by atoms with Crippen LogP contribution in [0.2, 0.25) is 0 Å². The number of ether oxygens (including phenoxy) is 4. The fourth-order valence-corrected chi connectivity index (χ4v) is 7.24. The number of hydrogen-bond acceptors (Lipinski definition) is 9. The van der Waals surface area contributed by atoms with Gasteiger partial charge >= 0.3 is 11.9 Å². The zero-order chi connectivity index (χ0) is 30.4. The van der Waals surface area contributed by atoms with Gasteiger partial charge in [0, 0.05) is 33.7 Å². The molecule has 230 valence electrons. The lowest BCUT2D eigenvalue weighted by atomic mass is 9.62. The molecule has 4 aliphatic rings. The van der Waals surface area contributed by atoms with Crippen molar-refractivity contribution in [3.8, 4) is 0 Å². The summed E-state index contributed by atoms with van der Waals surface area (Å²) >= 11 is 0. The molecule has 3 heterocycles. The second-order valence-electron chi connectivity index (χ2n) is 12.2. The van der Waals surface area contributed by atoms with Crippen molar-refractivity contribution in [2.75, 3.05) is 13.7 Å². The molecule has 5 rings (SSSR count). The molecule has 2 spiro atoms. The van der Waals surface area contributed by atoms with Crippen molar-refractivity contribution in [2.45, 2.75) is 88.2 Å². The lowest BCUT2D eigenvalue weighted by molar-refractivity contribution is -0.333. The second kappa shape index (κ2) is 11.6. The molecule has 1 aromatic rings. The number of aliphatic hydroxyl groups excluding tert-OH is 3. The molecule has 1 saturated heterocycles. The van der Waals surface area contributed by atoms with E-state index in [4.69, 9.17) is 18.9 Å². The molecule has 1 saturated carbocycles. The molecule has 11 heteroatoms. The Labute approximate surface area is 244 Å². The number of methoxy groups -OCH3 is 1. The Kier molecular flexibility index (Phi) is 8.43. The number of carboxylic acid groups (broad SMARTS) is 1. The number of carbonyl (C=O) groups is 2. The van der Waals surface area contributed by atoms with Crippen LogP contribution in [0.3, 0.4) is 0 Å². The van der Waals surface area contributed by atoms with Gasteiger partial charge in [-0.05, 0) is 30.9 Å². The van der Waals surface area contributed by atoms with Gasteiger partial charge in [-0.15, -0.1) is 6.58 Å². The fraction of sp³-hybridized carbons (Fsp3) is 0.613. The van der Waals surface area contributed by atoms with Crippen LogP contribution in [0.25, 0.3) is 12.3 Å². The third kappa shape index (κ3) is 5.01. The molecule has 0 bridgehead atoms. The molecule has 0 amide bonds. The first-order chi connectivity index (χ1) is 20.0. The number of carboxylic acids is 1. The average molecular weight is 588 g/mol. The first kappa shape index (κ1) is 30.5. The number of esters is 1. The molecular weight excluding hydrogens is 546 g/mol. The Morgan fingerprint density at radius 2 is 1.95 bits per heavy atom. The summed E-state index contributed by atoms with van der Waals surface area (Å²) in [6, 6.07) is 1.94. The maximum absolute atomic E-state index is 12.8. The molecular formula is C31H41NO10. The van der Waals surface area contributed by atoms with E-state index in [1.54, 1.807) is 18.2 Å². The van der Waals surface area contributed by atoms with Crippen LogP contribution in [-0.4, -0.2) is 87.4 Å². The summed E-state index contributed by atoms with van der Waals surface area (Å²) in [4.78, 5) is 28.0. The van der Waals surface area contributed by atoms with Crippen molar-refractivity contribution in [2.24, 2.45) is 17.3 Å². The quantitative estimate of drug-likeness (QED) is 0.217. The lowest BCUT2D eigenvalue weighted by Gasteiger charge is -2.52. The van der Waals surface area contributed by atoms with Gasteiger partial charge in [-0.1, -0.05) is 38.8 Å². The van der Waals surface area contributed by atoms with Crippen molar-refractivity contribution in [1.82, 2.24) is 4.98 Å². The third-order valence-electron chi connectivity index (χ3n) is 9.44. The first-order valence-electron chi connectivity index (χ1n) is 14.5. The van der Waals surface area contributed by atoms with E-state index in [0.29, 0.717) is 18.2 Å². The first-order valence-corrected chi connectivity index (χ1v) is 14.5. The number of hydrogen-bond donors (Lipinski definition) is 5. The molecule has 8 atom stereocenters. The molecule has 5 N–H and O–H groups in total. The van der Waals surface area contributed by atoms with Crippen molar-refractivity contribution >= 4 is 24.3 Å². The number of aromatic nitrogens is 1. The highest BCUT2D eigenvalue weighted by Gasteiger charge is 2.59. The number of aliphatic carboxylic acids is 1. The van der Waals surface area contributed by atoms with E-state index >= 15 is 0 Å². The highest BCUT2D eigenvalue weighted by Crippen LogP contribution is 2.54. The molecule has 0 radical (unpaired) electrons. The second-order valence-corrected chi connectivity index (χ2v) is 12.2. The van der Waals surface area contributed by atoms with E-state index in [2.05, 4.69) is 11.6 Å². The maximum Gasteiger partial charge on any atom is 0.333 e. The van der Waals surface area contributed by atoms with Crippen molar-refractivity contribution in [3.05, 3.63) is 46.6 Å². The lowest BCUT2D eigenvalue weighted by Crippen LogP contribution is -2.69. The maximum atomic E-state index is 12.8. The van der Waals surface area contributed by atoms with E-state index < -0.39 is 72.1 Å². The summed E-state index contributed by atoms with van der Waals surface area (Å²) in [6.07, 6.45) is 2.79. The van der Waals surface area contributed by atoms with Gasteiger partial charge in [0.25, 0.3) is 0 Å². The van der Waals surface area contributed by atoms with Gasteiger partial charge in [0.15, 0.2) is 11.9 Å². The minimum Gasteiger partial charge on any atom is -0.483 e. The molecule has 11 nitrogen and oxygen atoms in total. The monoisotopic (exact) mass is 587 g/mol. The van der Waals surface area contributed by atoms with Gasteiger partial charge in [-0.2, -0.15) is 0 Å². The van der Waals surface area contributed by atoms with E-state index in [1.165, 1.54) is 13.4 Å². The standard InChI is InChI=1S/C31H41NO10/c1-5-18-19(11-24(34)35)20(28(38)39-4)13-30(8-6-7-9-30)27(18)42-29-25(36)26(37)31(23(14-33)41-29)12-17-10-21(16(2)3)32-22(17)15-40-31/h5,10,12-13,15-16,18-19,23,25-27,29,32-33,36-37H,1,6-9,11,14H2,2-4H3,(H,34,35)/t18-,19+,23-,25-,26-,27+,29+,31-/m1/s1. The van der Waals surface area contributed by atoms with Crippen LogP contribution in [0, 0.1) is 17.3 Å². The van der Waals surface area contributed by atoms with E-state index in [9.17, 15) is 30.0 Å². The average Bonchev–Trinajstić information content (AvgIpc) is 3.61. The number of rotatable bonds is 8. The fourth-order valence-electron chi connectivity index (χ4n) is 7.24. The van der Waals surface area contributed by atoms with Crippen LogP contribution in [0.5, 0.6) is 0 Å². The number of nitrogens with one attached hydrogen (secondary N) is 1. The van der Waals surface area contributed by atoms with Crippen LogP contribution in [0.4, 0.5) is 0 Å². The van der Waals surface area contributed by atoms with Crippen LogP contribution in [0.1, 0.15) is 57.6 Å². The highest BCUT2D eigenvalue weighted by molar-refractivity contribution is 5.90. The summed E-state index contributed by atoms with van der Waals surface area (Å²) < 4.78 is 23.7. The smallest absolute Gasteiger partial charge is 0.333 e. The Hall–Kier alpha value is -2.96. The normalized spacial score (nSPS) is 35.1. The van der Waals surface area contributed by atoms with Crippen LogP contribution in [0.15, 0.2) is 30.4 Å². The third-order valence-corrected chi connectivity index (χ3v) is 9.44. The summed E-state index contributed by atoms with van der Waals surface area (Å²) in [7, 11) is 1.26. The van der Waals surface area contributed by atoms with Crippen LogP contribution < -0.4 is 10.6 Å². The number of aliphatic hydroxyl groups is 3. The van der Waals surface area contributed by atoms with Gasteiger partial charge in [-0.25, -0.2) is 4.79 Å². The SMILES string of the molecule is C=C[C@@H]1[C@H](CC(=O)O)C(C(=O)OC)=CC2(CCCC2)[C@H]1O[C@@H]1O[C@H](CO)[C@]2(C=c3cc(C(C)C)[nH]c3=CO2)[C@H](O)[C@H]1O. The van der Waals surface area contributed by atoms with Crippen LogP contribution in [-0.2, 0) is 28.5 Å². The van der Waals surface area contributed by atoms with Crippen LogP contribution >= 0.6 is 0 Å². The Morgan fingerprint density at radius 3 is 2.55 bits per heavy atom. The Bertz CT molecular complexity index is 1350. The Balaban J connectivity index is 1.50. The summed E-state index contributed by atoms with van der Waals surface area (Å²) in [5.41, 5.74) is -1.03. The summed E-state index contributed by atoms with van der Waals surface area (Å²) in [6.45, 7) is 7.49. The number of H-pyrrole nitrogens is 1. The Morgan fingerprint density at radius 1 is 1.24 bits per heavy atom. The molecule has 2 aliphatic heterocycles. The topological polar surface area (TPSA) is 168 Å². The number of fused-ring (bicyclic) bond motifs is 1. The molecule has 1 aromatic heterocycles. The van der Waals surface area contributed by atoms with Gasteiger partial charge in [0.05, 0.1) is 31.6 Å². The van der Waals surface area contributed by atoms with E-state index in [0.717, 1.165) is 23.8 Å². The predicted molar refractivity (Wildman–Crippen MR) is 150 cm³/mol. The van der Waals surface area contributed by atoms with E-state index in [1.807, 2.05) is 19.9 Å². The highest BCUT2D eigenvalue weighted by atomic mass is 16.7. The van der Waals surface area contributed by atoms with Crippen molar-refractivity contribution in [1.29, 1.82) is 0 Å². The summed E-state index contributed by atoms with van der Waals surface area (Å²) in [5.74, 6) is -2.91. The minimum absolute atomic E-state index is 0.216. The number of aromatic amines is 1. The molecule has 0 unspecified atom stereocenters. The molecule has 2 fully saturated rings. The zero-order valence-corrected chi connectivity index (χ0v) is 24.2. The van der Waals surface area contributed by atoms with Gasteiger partial charge in [0.2, 0.25) is 0 Å². The molecule has 2 aliphatic carbocycles. The predicted octanol–water partition coefficient (Wildman–Crippen LogP) is 0.816. The van der Waals surface area contributed by atoms with Gasteiger partial charge in [0.1, 0.15) is 24.6 Å². The minimum atomic E-state index is -1.59. The number of carbonyl (C=O) groups excluding carboxylic acids is 1. The van der Waals surface area contributed by atoms with Crippen molar-refractivity contribution < 1.29 is 49.0 Å². The molecule has 42 heavy (non-hydrogen) atoms. The van der Waals surface area contributed by atoms with Gasteiger partial charge < -0.3 is 44.4 Å².